The summed E-state index contributed by atoms with van der Waals surface area (Å²) >= 11 is 3.41. The molecule has 0 heterocycles. The summed E-state index contributed by atoms with van der Waals surface area (Å²) in [6.45, 7) is 4.31. The van der Waals surface area contributed by atoms with Gasteiger partial charge in [-0.05, 0) is 31.6 Å². The number of hydrogen-bond donors (Lipinski definition) is 0. The SMILES string of the molecule is CCOC(=O)CN(CC)C(=O)/C=C/c1ccccc1Br. The molecule has 0 bridgehead atoms. The van der Waals surface area contributed by atoms with Crippen LogP contribution in [0.25, 0.3) is 6.08 Å². The molecule has 0 aliphatic heterocycles. The Morgan fingerprint density at radius 3 is 2.60 bits per heavy atom. The Bertz CT molecular complexity index is 500. The molecule has 0 saturated heterocycles. The number of likely N-dealkylation sites (N-methyl/N-ethyl adjacent to an activating group) is 1. The fraction of sp³-hybridized carbons (Fsp3) is 0.333. The smallest absolute Gasteiger partial charge is 0.325 e. The summed E-state index contributed by atoms with van der Waals surface area (Å²) in [5.41, 5.74) is 0.910. The fourth-order valence-corrected chi connectivity index (χ4v) is 2.00. The number of hydrogen-bond acceptors (Lipinski definition) is 3. The van der Waals surface area contributed by atoms with Crippen LogP contribution in [0.5, 0.6) is 0 Å². The summed E-state index contributed by atoms with van der Waals surface area (Å²) in [5.74, 6) is -0.603. The normalized spacial score (nSPS) is 10.6. The molecule has 0 radical (unpaired) electrons. The molecule has 0 unspecified atom stereocenters. The summed E-state index contributed by atoms with van der Waals surface area (Å²) in [6.07, 6.45) is 3.18. The topological polar surface area (TPSA) is 46.6 Å². The molecular formula is C15H18BrNO3. The highest BCUT2D eigenvalue weighted by Crippen LogP contribution is 2.17. The molecule has 5 heteroatoms. The van der Waals surface area contributed by atoms with Crippen molar-refractivity contribution in [1.29, 1.82) is 0 Å². The summed E-state index contributed by atoms with van der Waals surface area (Å²) < 4.78 is 5.76. The van der Waals surface area contributed by atoms with Crippen LogP contribution >= 0.6 is 15.9 Å². The summed E-state index contributed by atoms with van der Waals surface area (Å²) in [4.78, 5) is 24.8. The van der Waals surface area contributed by atoms with Crippen molar-refractivity contribution in [1.82, 2.24) is 4.90 Å². The largest absolute Gasteiger partial charge is 0.465 e. The first-order valence-corrected chi connectivity index (χ1v) is 7.24. The first kappa shape index (κ1) is 16.4. The maximum Gasteiger partial charge on any atom is 0.325 e. The van der Waals surface area contributed by atoms with Gasteiger partial charge in [-0.3, -0.25) is 9.59 Å². The molecule has 4 nitrogen and oxygen atoms in total. The van der Waals surface area contributed by atoms with Gasteiger partial charge in [-0.2, -0.15) is 0 Å². The van der Waals surface area contributed by atoms with Gasteiger partial charge in [0.15, 0.2) is 0 Å². The van der Waals surface area contributed by atoms with Gasteiger partial charge in [-0.25, -0.2) is 0 Å². The highest BCUT2D eigenvalue weighted by molar-refractivity contribution is 9.10. The van der Waals surface area contributed by atoms with Gasteiger partial charge in [0.05, 0.1) is 6.61 Å². The van der Waals surface area contributed by atoms with E-state index in [9.17, 15) is 9.59 Å². The predicted molar refractivity (Wildman–Crippen MR) is 82.1 cm³/mol. The van der Waals surface area contributed by atoms with E-state index in [2.05, 4.69) is 15.9 Å². The van der Waals surface area contributed by atoms with Crippen LogP contribution in [0.4, 0.5) is 0 Å². The number of esters is 1. The number of nitrogens with zero attached hydrogens (tertiary/aromatic N) is 1. The Kier molecular flexibility index (Phi) is 7.01. The zero-order chi connectivity index (χ0) is 15.0. The molecule has 0 fully saturated rings. The Morgan fingerprint density at radius 1 is 1.30 bits per heavy atom. The van der Waals surface area contributed by atoms with E-state index in [4.69, 9.17) is 4.74 Å². The number of rotatable bonds is 6. The van der Waals surface area contributed by atoms with E-state index < -0.39 is 5.97 Å². The van der Waals surface area contributed by atoms with Gasteiger partial charge in [-0.15, -0.1) is 0 Å². The minimum absolute atomic E-state index is 0.0243. The second-order valence-corrected chi connectivity index (χ2v) is 4.87. The quantitative estimate of drug-likeness (QED) is 0.591. The van der Waals surface area contributed by atoms with Crippen LogP contribution < -0.4 is 0 Å². The van der Waals surface area contributed by atoms with Crippen LogP contribution in [-0.4, -0.2) is 36.5 Å². The van der Waals surface area contributed by atoms with Crippen molar-refractivity contribution >= 4 is 33.9 Å². The molecule has 20 heavy (non-hydrogen) atoms. The van der Waals surface area contributed by atoms with Crippen molar-refractivity contribution in [2.45, 2.75) is 13.8 Å². The number of ether oxygens (including phenoxy) is 1. The second-order valence-electron chi connectivity index (χ2n) is 4.01. The van der Waals surface area contributed by atoms with Gasteiger partial charge < -0.3 is 9.64 Å². The van der Waals surface area contributed by atoms with Gasteiger partial charge in [0.2, 0.25) is 5.91 Å². The number of carbonyl (C=O) groups excluding carboxylic acids is 2. The van der Waals surface area contributed by atoms with E-state index in [0.29, 0.717) is 13.2 Å². The van der Waals surface area contributed by atoms with Crippen LogP contribution in [0.15, 0.2) is 34.8 Å². The molecule has 0 spiro atoms. The molecule has 0 saturated carbocycles. The molecule has 1 amide bonds. The molecule has 0 aliphatic carbocycles. The van der Waals surface area contributed by atoms with Gasteiger partial charge in [0, 0.05) is 17.1 Å². The van der Waals surface area contributed by atoms with Crippen molar-refractivity contribution in [3.63, 3.8) is 0 Å². The third-order valence-corrected chi connectivity index (χ3v) is 3.35. The summed E-state index contributed by atoms with van der Waals surface area (Å²) in [5, 5.41) is 0. The lowest BCUT2D eigenvalue weighted by Gasteiger charge is -2.17. The molecule has 0 N–H and O–H groups in total. The number of carbonyl (C=O) groups is 2. The van der Waals surface area contributed by atoms with Crippen LogP contribution in [0.3, 0.4) is 0 Å². The summed E-state index contributed by atoms with van der Waals surface area (Å²) in [6, 6.07) is 7.60. The zero-order valence-corrected chi connectivity index (χ0v) is 13.2. The minimum Gasteiger partial charge on any atom is -0.465 e. The zero-order valence-electron chi connectivity index (χ0n) is 11.6. The van der Waals surface area contributed by atoms with E-state index >= 15 is 0 Å². The number of halogens is 1. The predicted octanol–water partition coefficient (Wildman–Crippen LogP) is 2.87. The van der Waals surface area contributed by atoms with Crippen molar-refractivity contribution in [2.75, 3.05) is 19.7 Å². The average molecular weight is 340 g/mol. The van der Waals surface area contributed by atoms with Crippen LogP contribution in [-0.2, 0) is 14.3 Å². The average Bonchev–Trinajstić information content (AvgIpc) is 2.44. The fourth-order valence-electron chi connectivity index (χ4n) is 1.58. The first-order valence-electron chi connectivity index (χ1n) is 6.45. The maximum absolute atomic E-state index is 12.0. The van der Waals surface area contributed by atoms with Crippen LogP contribution in [0.1, 0.15) is 19.4 Å². The van der Waals surface area contributed by atoms with Gasteiger partial charge in [0.1, 0.15) is 6.54 Å². The lowest BCUT2D eigenvalue weighted by Crippen LogP contribution is -2.35. The Balaban J connectivity index is 2.68. The van der Waals surface area contributed by atoms with Crippen molar-refractivity contribution in [3.8, 4) is 0 Å². The van der Waals surface area contributed by atoms with Crippen LogP contribution in [0, 0.1) is 0 Å². The number of amides is 1. The van der Waals surface area contributed by atoms with Gasteiger partial charge in [-0.1, -0.05) is 34.1 Å². The van der Waals surface area contributed by atoms with E-state index in [1.807, 2.05) is 31.2 Å². The van der Waals surface area contributed by atoms with E-state index in [0.717, 1.165) is 10.0 Å². The monoisotopic (exact) mass is 339 g/mol. The summed E-state index contributed by atoms with van der Waals surface area (Å²) in [7, 11) is 0. The van der Waals surface area contributed by atoms with E-state index in [-0.39, 0.29) is 12.5 Å². The Hall–Kier alpha value is -1.62. The first-order chi connectivity index (χ1) is 9.58. The third-order valence-electron chi connectivity index (χ3n) is 2.63. The van der Waals surface area contributed by atoms with E-state index in [1.54, 1.807) is 13.0 Å². The highest BCUT2D eigenvalue weighted by atomic mass is 79.9. The van der Waals surface area contributed by atoms with Crippen molar-refractivity contribution < 1.29 is 14.3 Å². The second kappa shape index (κ2) is 8.53. The molecular weight excluding hydrogens is 322 g/mol. The standard InChI is InChI=1S/C15H18BrNO3/c1-3-17(11-15(19)20-4-2)14(18)10-9-12-7-5-6-8-13(12)16/h5-10H,3-4,11H2,1-2H3/b10-9+. The molecule has 0 atom stereocenters. The van der Waals surface area contributed by atoms with Crippen LogP contribution in [0.2, 0.25) is 0 Å². The third kappa shape index (κ3) is 5.17. The van der Waals surface area contributed by atoms with Gasteiger partial charge >= 0.3 is 5.97 Å². The van der Waals surface area contributed by atoms with Gasteiger partial charge in [0.25, 0.3) is 0 Å². The number of benzene rings is 1. The molecule has 1 rings (SSSR count). The van der Waals surface area contributed by atoms with E-state index in [1.165, 1.54) is 11.0 Å². The highest BCUT2D eigenvalue weighted by Gasteiger charge is 2.13. The lowest BCUT2D eigenvalue weighted by atomic mass is 10.2. The minimum atomic E-state index is -0.392. The lowest BCUT2D eigenvalue weighted by molar-refractivity contribution is -0.147. The molecule has 0 aromatic heterocycles. The molecule has 0 aliphatic rings. The maximum atomic E-state index is 12.0. The van der Waals surface area contributed by atoms with Crippen molar-refractivity contribution in [3.05, 3.63) is 40.4 Å². The Morgan fingerprint density at radius 2 is 2.00 bits per heavy atom. The molecule has 1 aromatic carbocycles. The Labute approximate surface area is 127 Å². The molecule has 1 aromatic rings. The van der Waals surface area contributed by atoms with Crippen molar-refractivity contribution in [2.24, 2.45) is 0 Å². The molecule has 108 valence electrons.